The van der Waals surface area contributed by atoms with E-state index in [4.69, 9.17) is 5.73 Å². The Balaban J connectivity index is 1.82. The summed E-state index contributed by atoms with van der Waals surface area (Å²) in [6.07, 6.45) is 9.75. The third-order valence-corrected chi connectivity index (χ3v) is 5.90. The number of allylic oxidation sites excluding steroid dienone is 3. The highest BCUT2D eigenvalue weighted by Crippen LogP contribution is 2.39. The Hall–Kier alpha value is -1.63. The number of rotatable bonds is 11. The zero-order valence-electron chi connectivity index (χ0n) is 15.7. The van der Waals surface area contributed by atoms with Gasteiger partial charge in [-0.15, -0.1) is 0 Å². The van der Waals surface area contributed by atoms with Crippen LogP contribution in [0, 0.1) is 11.8 Å². The first-order chi connectivity index (χ1) is 13.0. The number of hydrogen-bond donors (Lipinski definition) is 4. The maximum absolute atomic E-state index is 10.7. The lowest BCUT2D eigenvalue weighted by Gasteiger charge is -2.22. The van der Waals surface area contributed by atoms with Crippen LogP contribution in [0.4, 0.5) is 0 Å². The molecule has 4 atom stereocenters. The van der Waals surface area contributed by atoms with E-state index in [-0.39, 0.29) is 24.0 Å². The van der Waals surface area contributed by atoms with E-state index in [2.05, 4.69) is 16.8 Å². The highest BCUT2D eigenvalue weighted by molar-refractivity contribution is 7.07. The molecule has 1 aromatic heterocycles. The third-order valence-electron chi connectivity index (χ3n) is 5.17. The van der Waals surface area contributed by atoms with Gasteiger partial charge in [0.05, 0.1) is 18.0 Å². The van der Waals surface area contributed by atoms with Crippen LogP contribution < -0.4 is 5.73 Å². The highest BCUT2D eigenvalue weighted by atomic mass is 32.1. The highest BCUT2D eigenvalue weighted by Gasteiger charge is 2.43. The van der Waals surface area contributed by atoms with E-state index >= 15 is 0 Å². The third kappa shape index (κ3) is 7.13. The number of hydrogen-bond acceptors (Lipinski definition) is 5. The van der Waals surface area contributed by atoms with Gasteiger partial charge in [-0.3, -0.25) is 4.79 Å². The van der Waals surface area contributed by atoms with Crippen LogP contribution in [0.15, 0.2) is 40.8 Å². The van der Waals surface area contributed by atoms with Crippen molar-refractivity contribution in [1.29, 1.82) is 0 Å². The summed E-state index contributed by atoms with van der Waals surface area (Å²) in [5.74, 6) is -0.722. The fraction of sp³-hybridized carbons (Fsp3) is 0.571. The van der Waals surface area contributed by atoms with Crippen molar-refractivity contribution in [1.82, 2.24) is 0 Å². The molecule has 150 valence electrons. The van der Waals surface area contributed by atoms with E-state index in [0.29, 0.717) is 19.3 Å². The molecule has 0 radical (unpaired) electrons. The van der Waals surface area contributed by atoms with Gasteiger partial charge in [-0.05, 0) is 67.0 Å². The molecule has 1 heterocycles. The van der Waals surface area contributed by atoms with E-state index in [1.807, 2.05) is 12.2 Å². The van der Waals surface area contributed by atoms with E-state index < -0.39 is 18.1 Å². The van der Waals surface area contributed by atoms with Crippen LogP contribution in [0.5, 0.6) is 0 Å². The molecule has 1 fully saturated rings. The van der Waals surface area contributed by atoms with Crippen LogP contribution in [0.3, 0.4) is 0 Å². The van der Waals surface area contributed by atoms with Crippen LogP contribution in [0.1, 0.15) is 50.5 Å². The molecular weight excluding hydrogens is 362 g/mol. The first-order valence-corrected chi connectivity index (χ1v) is 10.6. The Morgan fingerprint density at radius 1 is 1.22 bits per heavy atom. The zero-order valence-corrected chi connectivity index (χ0v) is 16.5. The summed E-state index contributed by atoms with van der Waals surface area (Å²) in [5, 5.41) is 35.2. The van der Waals surface area contributed by atoms with Crippen molar-refractivity contribution in [3.8, 4) is 0 Å². The van der Waals surface area contributed by atoms with Gasteiger partial charge in [0.2, 0.25) is 5.91 Å². The van der Waals surface area contributed by atoms with Crippen molar-refractivity contribution in [2.45, 2.75) is 63.6 Å². The number of nitrogens with two attached hydrogens (primary N) is 1. The Labute approximate surface area is 165 Å². The number of aliphatic hydroxyl groups excluding tert-OH is 3. The van der Waals surface area contributed by atoms with Crippen molar-refractivity contribution in [2.75, 3.05) is 0 Å². The van der Waals surface area contributed by atoms with Crippen LogP contribution in [0.25, 0.3) is 0 Å². The fourth-order valence-electron chi connectivity index (χ4n) is 3.71. The molecule has 1 saturated carbocycles. The van der Waals surface area contributed by atoms with Crippen LogP contribution >= 0.6 is 11.3 Å². The molecule has 2 unspecified atom stereocenters. The summed E-state index contributed by atoms with van der Waals surface area (Å²) in [4.78, 5) is 10.7. The molecule has 2 rings (SSSR count). The molecule has 0 saturated heterocycles. The number of amides is 1. The Morgan fingerprint density at radius 3 is 2.74 bits per heavy atom. The first-order valence-electron chi connectivity index (χ1n) is 9.68. The lowest BCUT2D eigenvalue weighted by molar-refractivity contribution is -0.118. The number of unbranched alkanes of at least 4 members (excludes halogenated alkanes) is 2. The van der Waals surface area contributed by atoms with Crippen molar-refractivity contribution >= 4 is 17.2 Å². The second-order valence-electron chi connectivity index (χ2n) is 7.28. The van der Waals surface area contributed by atoms with Gasteiger partial charge in [0.15, 0.2) is 0 Å². The summed E-state index contributed by atoms with van der Waals surface area (Å²) in [7, 11) is 0. The minimum atomic E-state index is -0.721. The van der Waals surface area contributed by atoms with Crippen molar-refractivity contribution < 1.29 is 20.1 Å². The summed E-state index contributed by atoms with van der Waals surface area (Å²) in [6, 6.07) is 2.11. The summed E-state index contributed by atoms with van der Waals surface area (Å²) < 4.78 is 0. The molecule has 1 amide bonds. The maximum atomic E-state index is 10.7. The molecule has 5 N–H and O–H groups in total. The summed E-state index contributed by atoms with van der Waals surface area (Å²) in [6.45, 7) is 0. The molecule has 1 aliphatic carbocycles. The van der Waals surface area contributed by atoms with Gasteiger partial charge in [-0.1, -0.05) is 12.2 Å². The topological polar surface area (TPSA) is 104 Å². The average molecular weight is 394 g/mol. The number of aryl methyl sites for hydroxylation is 1. The number of carbonyl (C=O) groups is 1. The minimum Gasteiger partial charge on any atom is -0.512 e. The van der Waals surface area contributed by atoms with Gasteiger partial charge in [0.25, 0.3) is 0 Å². The Bertz CT molecular complexity index is 626. The number of thiophene rings is 1. The number of aliphatic hydroxyl groups is 3. The fourth-order valence-corrected chi connectivity index (χ4v) is 4.41. The molecule has 0 bridgehead atoms. The van der Waals surface area contributed by atoms with Crippen LogP contribution in [-0.4, -0.2) is 33.4 Å². The smallest absolute Gasteiger partial charge is 0.217 e. The lowest BCUT2D eigenvalue weighted by Crippen LogP contribution is -2.23. The van der Waals surface area contributed by atoms with E-state index in [9.17, 15) is 20.1 Å². The van der Waals surface area contributed by atoms with Crippen LogP contribution in [-0.2, 0) is 11.2 Å². The predicted octanol–water partition coefficient (Wildman–Crippen LogP) is 3.47. The normalized spacial score (nSPS) is 26.1. The molecule has 27 heavy (non-hydrogen) atoms. The van der Waals surface area contributed by atoms with Gasteiger partial charge >= 0.3 is 0 Å². The molecular formula is C21H31NO4S. The van der Waals surface area contributed by atoms with E-state index in [1.165, 1.54) is 5.56 Å². The van der Waals surface area contributed by atoms with Gasteiger partial charge in [0, 0.05) is 24.7 Å². The molecule has 0 spiro atoms. The van der Waals surface area contributed by atoms with Crippen molar-refractivity contribution in [2.24, 2.45) is 17.6 Å². The van der Waals surface area contributed by atoms with Crippen molar-refractivity contribution in [3.63, 3.8) is 0 Å². The van der Waals surface area contributed by atoms with E-state index in [0.717, 1.165) is 25.7 Å². The Kier molecular flexibility index (Phi) is 9.04. The van der Waals surface area contributed by atoms with Gasteiger partial charge in [-0.2, -0.15) is 11.3 Å². The number of carbonyl (C=O) groups excluding carboxylic acids is 1. The van der Waals surface area contributed by atoms with Crippen molar-refractivity contribution in [3.05, 3.63) is 46.4 Å². The van der Waals surface area contributed by atoms with Crippen LogP contribution in [0.2, 0.25) is 0 Å². The largest absolute Gasteiger partial charge is 0.512 e. The minimum absolute atomic E-state index is 0.191. The second-order valence-corrected chi connectivity index (χ2v) is 8.06. The average Bonchev–Trinajstić information content (AvgIpc) is 3.22. The first kappa shape index (κ1) is 21.7. The predicted molar refractivity (Wildman–Crippen MR) is 108 cm³/mol. The molecule has 0 aromatic carbocycles. The monoisotopic (exact) mass is 393 g/mol. The quantitative estimate of drug-likeness (QED) is 0.262. The van der Waals surface area contributed by atoms with Gasteiger partial charge < -0.3 is 21.1 Å². The van der Waals surface area contributed by atoms with Gasteiger partial charge in [-0.25, -0.2) is 0 Å². The molecule has 5 nitrogen and oxygen atoms in total. The summed E-state index contributed by atoms with van der Waals surface area (Å²) >= 11 is 1.68. The Morgan fingerprint density at radius 2 is 2.04 bits per heavy atom. The van der Waals surface area contributed by atoms with Gasteiger partial charge in [0.1, 0.15) is 0 Å². The lowest BCUT2D eigenvalue weighted by atomic mass is 9.88. The summed E-state index contributed by atoms with van der Waals surface area (Å²) in [5.41, 5.74) is 6.42. The SMILES string of the molecule is NC(=O)CCC/C=C\CC1C(/C(O)=C\CCCc2ccsc2)[C@@H](O)C[C@@H]1O. The molecule has 1 aliphatic rings. The van der Waals surface area contributed by atoms with E-state index in [1.54, 1.807) is 17.4 Å². The molecule has 0 aliphatic heterocycles. The second kappa shape index (κ2) is 11.3. The maximum Gasteiger partial charge on any atom is 0.217 e. The standard InChI is InChI=1S/C21H31NO4S/c22-20(26)10-4-2-1-3-8-16-18(24)13-19(25)21(16)17(23)9-6-5-7-15-11-12-27-14-15/h1,3,9,11-12,14,16,18-19,21,23-25H,2,4-8,10,13H2,(H2,22,26)/b3-1-,17-9+/t16?,18-,19-,21?/m0/s1. The zero-order chi connectivity index (χ0) is 19.6. The molecule has 1 aromatic rings. The molecule has 6 heteroatoms. The number of primary amides is 1.